The Morgan fingerprint density at radius 1 is 1.41 bits per heavy atom. The topological polar surface area (TPSA) is 69.8 Å². The van der Waals surface area contributed by atoms with Gasteiger partial charge in [-0.05, 0) is 32.1 Å². The van der Waals surface area contributed by atoms with Crippen molar-refractivity contribution in [3.05, 3.63) is 24.3 Å². The first-order valence-electron chi connectivity index (χ1n) is 5.69. The lowest BCUT2D eigenvalue weighted by Gasteiger charge is -2.00. The van der Waals surface area contributed by atoms with Crippen molar-refractivity contribution in [2.45, 2.75) is 12.8 Å². The molecule has 0 aliphatic carbocycles. The van der Waals surface area contributed by atoms with E-state index in [-0.39, 0.29) is 5.91 Å². The van der Waals surface area contributed by atoms with Gasteiger partial charge in [-0.15, -0.1) is 0 Å². The molecule has 17 heavy (non-hydrogen) atoms. The summed E-state index contributed by atoms with van der Waals surface area (Å²) in [5.74, 6) is 0.500. The predicted octanol–water partition coefficient (Wildman–Crippen LogP) is 1.50. The van der Waals surface area contributed by atoms with Crippen LogP contribution in [0.2, 0.25) is 0 Å². The molecule has 1 aromatic heterocycles. The quantitative estimate of drug-likeness (QED) is 0.684. The van der Waals surface area contributed by atoms with Gasteiger partial charge in [0.2, 0.25) is 11.9 Å². The molecule has 2 rings (SSSR count). The number of anilines is 1. The van der Waals surface area contributed by atoms with E-state index in [4.69, 9.17) is 0 Å². The number of carbonyl (C=O) groups is 1. The fraction of sp³-hybridized carbons (Fsp3) is 0.333. The zero-order valence-corrected chi connectivity index (χ0v) is 9.79. The van der Waals surface area contributed by atoms with Crippen LogP contribution in [0.15, 0.2) is 24.3 Å². The van der Waals surface area contributed by atoms with Crippen molar-refractivity contribution >= 4 is 22.9 Å². The number of aromatic nitrogens is 2. The molecule has 2 aromatic rings. The lowest BCUT2D eigenvalue weighted by atomic mass is 10.3. The summed E-state index contributed by atoms with van der Waals surface area (Å²) < 4.78 is 0. The number of hydrogen-bond donors (Lipinski definition) is 3. The molecule has 3 N–H and O–H groups in total. The first kappa shape index (κ1) is 11.6. The monoisotopic (exact) mass is 232 g/mol. The van der Waals surface area contributed by atoms with Gasteiger partial charge in [-0.3, -0.25) is 10.1 Å². The van der Waals surface area contributed by atoms with Crippen LogP contribution in [0.25, 0.3) is 11.0 Å². The van der Waals surface area contributed by atoms with Crippen LogP contribution >= 0.6 is 0 Å². The molecule has 0 fully saturated rings. The van der Waals surface area contributed by atoms with Crippen molar-refractivity contribution in [2.75, 3.05) is 18.9 Å². The van der Waals surface area contributed by atoms with Crippen molar-refractivity contribution < 1.29 is 4.79 Å². The highest BCUT2D eigenvalue weighted by molar-refractivity contribution is 5.90. The van der Waals surface area contributed by atoms with Gasteiger partial charge in [0.15, 0.2) is 0 Å². The Bertz CT molecular complexity index is 473. The first-order valence-corrected chi connectivity index (χ1v) is 5.69. The van der Waals surface area contributed by atoms with Gasteiger partial charge in [0.25, 0.3) is 0 Å². The number of fused-ring (bicyclic) bond motifs is 1. The normalized spacial score (nSPS) is 10.6. The molecular formula is C12H16N4O. The molecule has 5 nitrogen and oxygen atoms in total. The lowest BCUT2D eigenvalue weighted by Crippen LogP contribution is -2.15. The minimum Gasteiger partial charge on any atom is -0.324 e. The van der Waals surface area contributed by atoms with Crippen molar-refractivity contribution in [3.8, 4) is 0 Å². The van der Waals surface area contributed by atoms with Gasteiger partial charge in [-0.25, -0.2) is 4.98 Å². The minimum atomic E-state index is -0.0145. The summed E-state index contributed by atoms with van der Waals surface area (Å²) in [6.07, 6.45) is 1.32. The Hall–Kier alpha value is -1.88. The number of para-hydroxylation sites is 2. The second-order valence-corrected chi connectivity index (χ2v) is 3.86. The number of carbonyl (C=O) groups excluding carboxylic acids is 1. The van der Waals surface area contributed by atoms with Crippen LogP contribution in [0.4, 0.5) is 5.95 Å². The average Bonchev–Trinajstić information content (AvgIpc) is 2.71. The Kier molecular flexibility index (Phi) is 3.72. The summed E-state index contributed by atoms with van der Waals surface area (Å²) in [5.41, 5.74) is 1.79. The fourth-order valence-corrected chi connectivity index (χ4v) is 1.63. The van der Waals surface area contributed by atoms with Crippen LogP contribution in [0.3, 0.4) is 0 Å². The summed E-state index contributed by atoms with van der Waals surface area (Å²) >= 11 is 0. The van der Waals surface area contributed by atoms with Crippen LogP contribution in [-0.4, -0.2) is 29.5 Å². The summed E-state index contributed by atoms with van der Waals surface area (Å²) in [7, 11) is 1.87. The molecule has 0 radical (unpaired) electrons. The van der Waals surface area contributed by atoms with Gasteiger partial charge >= 0.3 is 0 Å². The number of aromatic amines is 1. The SMILES string of the molecule is CNCCCC(=O)Nc1nc2ccccc2[nH]1. The van der Waals surface area contributed by atoms with Gasteiger partial charge in [-0.2, -0.15) is 0 Å². The molecule has 1 aromatic carbocycles. The zero-order chi connectivity index (χ0) is 12.1. The molecule has 1 heterocycles. The summed E-state index contributed by atoms with van der Waals surface area (Å²) in [5, 5.41) is 5.76. The summed E-state index contributed by atoms with van der Waals surface area (Å²) in [6.45, 7) is 0.841. The maximum atomic E-state index is 11.6. The lowest BCUT2D eigenvalue weighted by molar-refractivity contribution is -0.116. The third-order valence-electron chi connectivity index (χ3n) is 2.48. The molecule has 0 saturated carbocycles. The molecule has 0 bridgehead atoms. The molecule has 0 saturated heterocycles. The minimum absolute atomic E-state index is 0.0145. The van der Waals surface area contributed by atoms with Gasteiger partial charge in [0, 0.05) is 6.42 Å². The van der Waals surface area contributed by atoms with E-state index < -0.39 is 0 Å². The number of benzene rings is 1. The number of rotatable bonds is 5. The highest BCUT2D eigenvalue weighted by Gasteiger charge is 2.05. The number of H-pyrrole nitrogens is 1. The molecule has 0 aliphatic rings. The second-order valence-electron chi connectivity index (χ2n) is 3.86. The standard InChI is InChI=1S/C12H16N4O/c1-13-8-4-7-11(17)16-12-14-9-5-2-3-6-10(9)15-12/h2-3,5-6,13H,4,7-8H2,1H3,(H2,14,15,16,17). The van der Waals surface area contributed by atoms with Crippen LogP contribution in [0.1, 0.15) is 12.8 Å². The molecule has 0 atom stereocenters. The maximum Gasteiger partial charge on any atom is 0.226 e. The van der Waals surface area contributed by atoms with Gasteiger partial charge in [-0.1, -0.05) is 12.1 Å². The summed E-state index contributed by atoms with van der Waals surface area (Å²) in [4.78, 5) is 18.9. The first-order chi connectivity index (χ1) is 8.29. The molecule has 0 aliphatic heterocycles. The molecule has 0 spiro atoms. The van der Waals surface area contributed by atoms with Crippen molar-refractivity contribution in [1.29, 1.82) is 0 Å². The molecule has 1 amide bonds. The van der Waals surface area contributed by atoms with E-state index in [1.807, 2.05) is 31.3 Å². The Morgan fingerprint density at radius 3 is 3.00 bits per heavy atom. The van der Waals surface area contributed by atoms with Gasteiger partial charge < -0.3 is 10.3 Å². The maximum absolute atomic E-state index is 11.6. The molecule has 0 unspecified atom stereocenters. The fourth-order valence-electron chi connectivity index (χ4n) is 1.63. The third-order valence-corrected chi connectivity index (χ3v) is 2.48. The Labute approximate surface area is 99.6 Å². The number of amides is 1. The van der Waals surface area contributed by atoms with Crippen LogP contribution in [-0.2, 0) is 4.79 Å². The zero-order valence-electron chi connectivity index (χ0n) is 9.79. The van der Waals surface area contributed by atoms with Crippen LogP contribution in [0.5, 0.6) is 0 Å². The van der Waals surface area contributed by atoms with Gasteiger partial charge in [0.05, 0.1) is 11.0 Å². The highest BCUT2D eigenvalue weighted by Crippen LogP contribution is 2.13. The molecule has 90 valence electrons. The predicted molar refractivity (Wildman–Crippen MR) is 67.9 cm³/mol. The van der Waals surface area contributed by atoms with E-state index in [0.717, 1.165) is 24.0 Å². The average molecular weight is 232 g/mol. The van der Waals surface area contributed by atoms with Gasteiger partial charge in [0.1, 0.15) is 0 Å². The van der Waals surface area contributed by atoms with Crippen LogP contribution < -0.4 is 10.6 Å². The number of nitrogens with one attached hydrogen (secondary N) is 3. The van der Waals surface area contributed by atoms with E-state index in [1.165, 1.54) is 0 Å². The van der Waals surface area contributed by atoms with Crippen molar-refractivity contribution in [2.24, 2.45) is 0 Å². The summed E-state index contributed by atoms with van der Waals surface area (Å²) in [6, 6.07) is 7.68. The largest absolute Gasteiger partial charge is 0.324 e. The Balaban J connectivity index is 1.96. The van der Waals surface area contributed by atoms with E-state index >= 15 is 0 Å². The Morgan fingerprint density at radius 2 is 2.24 bits per heavy atom. The van der Waals surface area contributed by atoms with E-state index in [0.29, 0.717) is 12.4 Å². The van der Waals surface area contributed by atoms with Crippen molar-refractivity contribution in [1.82, 2.24) is 15.3 Å². The van der Waals surface area contributed by atoms with Crippen LogP contribution in [0, 0.1) is 0 Å². The van der Waals surface area contributed by atoms with Crippen molar-refractivity contribution in [3.63, 3.8) is 0 Å². The van der Waals surface area contributed by atoms with E-state index in [1.54, 1.807) is 0 Å². The van der Waals surface area contributed by atoms with E-state index in [9.17, 15) is 4.79 Å². The number of imidazole rings is 1. The second kappa shape index (κ2) is 5.45. The number of nitrogens with zero attached hydrogens (tertiary/aromatic N) is 1. The smallest absolute Gasteiger partial charge is 0.226 e. The third kappa shape index (κ3) is 3.04. The molecule has 5 heteroatoms. The van der Waals surface area contributed by atoms with E-state index in [2.05, 4.69) is 20.6 Å². The number of hydrogen-bond acceptors (Lipinski definition) is 3. The molecular weight excluding hydrogens is 216 g/mol. The highest BCUT2D eigenvalue weighted by atomic mass is 16.1.